The van der Waals surface area contributed by atoms with Crippen LogP contribution in [0.3, 0.4) is 0 Å². The molecule has 0 bridgehead atoms. The van der Waals surface area contributed by atoms with Crippen LogP contribution in [-0.2, 0) is 11.2 Å². The van der Waals surface area contributed by atoms with E-state index in [1.807, 2.05) is 23.1 Å². The number of nitrogens with two attached hydrogens (primary N) is 1. The molecule has 2 N–H and O–H groups in total. The van der Waals surface area contributed by atoms with E-state index >= 15 is 0 Å². The predicted octanol–water partition coefficient (Wildman–Crippen LogP) is 1.75. The number of piperidine rings is 1. The first-order valence-corrected chi connectivity index (χ1v) is 7.53. The number of urea groups is 1. The van der Waals surface area contributed by atoms with Crippen molar-refractivity contribution < 1.29 is 9.59 Å². The van der Waals surface area contributed by atoms with Gasteiger partial charge in [-0.05, 0) is 37.8 Å². The summed E-state index contributed by atoms with van der Waals surface area (Å²) in [6, 6.07) is 7.81. The molecule has 2 heterocycles. The maximum Gasteiger partial charge on any atom is 0.314 e. The molecular formula is C16H21N3O2. The second-order valence-electron chi connectivity index (χ2n) is 6.01. The molecule has 1 fully saturated rings. The fourth-order valence-corrected chi connectivity index (χ4v) is 3.48. The summed E-state index contributed by atoms with van der Waals surface area (Å²) in [7, 11) is 0. The molecule has 2 aliphatic rings. The van der Waals surface area contributed by atoms with Crippen molar-refractivity contribution in [1.29, 1.82) is 0 Å². The summed E-state index contributed by atoms with van der Waals surface area (Å²) in [5, 5.41) is 0. The fraction of sp³-hybridized carbons (Fsp3) is 0.500. The van der Waals surface area contributed by atoms with Crippen molar-refractivity contribution in [3.8, 4) is 0 Å². The minimum atomic E-state index is -0.428. The third-order valence-corrected chi connectivity index (χ3v) is 4.53. The van der Waals surface area contributed by atoms with Crippen molar-refractivity contribution in [2.45, 2.75) is 32.2 Å². The van der Waals surface area contributed by atoms with Crippen molar-refractivity contribution in [2.75, 3.05) is 18.0 Å². The average Bonchev–Trinajstić information content (AvgIpc) is 2.82. The van der Waals surface area contributed by atoms with Crippen LogP contribution in [0.25, 0.3) is 0 Å². The Morgan fingerprint density at radius 3 is 2.81 bits per heavy atom. The van der Waals surface area contributed by atoms with Crippen molar-refractivity contribution in [2.24, 2.45) is 11.7 Å². The van der Waals surface area contributed by atoms with Crippen LogP contribution in [0.4, 0.5) is 10.5 Å². The van der Waals surface area contributed by atoms with Crippen molar-refractivity contribution in [1.82, 2.24) is 4.90 Å². The van der Waals surface area contributed by atoms with E-state index in [1.54, 1.807) is 4.90 Å². The summed E-state index contributed by atoms with van der Waals surface area (Å²) in [6.07, 6.45) is 2.56. The molecule has 0 aromatic heterocycles. The lowest BCUT2D eigenvalue weighted by Crippen LogP contribution is -2.49. The van der Waals surface area contributed by atoms with Crippen LogP contribution in [0.15, 0.2) is 24.3 Å². The molecule has 0 radical (unpaired) electrons. The lowest BCUT2D eigenvalue weighted by Gasteiger charge is -2.34. The Kier molecular flexibility index (Phi) is 3.57. The number of carbonyl (C=O) groups excluding carboxylic acids is 2. The molecule has 1 saturated heterocycles. The molecular weight excluding hydrogens is 266 g/mol. The lowest BCUT2D eigenvalue weighted by molar-refractivity contribution is -0.123. The largest absolute Gasteiger partial charge is 0.351 e. The molecule has 1 aromatic rings. The molecule has 5 nitrogen and oxygen atoms in total. The molecule has 2 atom stereocenters. The minimum Gasteiger partial charge on any atom is -0.351 e. The molecule has 0 saturated carbocycles. The molecule has 112 valence electrons. The zero-order valence-electron chi connectivity index (χ0n) is 12.3. The maximum absolute atomic E-state index is 12.9. The number of amides is 3. The zero-order valence-corrected chi connectivity index (χ0v) is 12.3. The molecule has 0 aliphatic carbocycles. The molecule has 1 aromatic carbocycles. The Hall–Kier alpha value is -2.04. The van der Waals surface area contributed by atoms with Gasteiger partial charge in [-0.1, -0.05) is 18.2 Å². The van der Waals surface area contributed by atoms with Crippen molar-refractivity contribution in [3.05, 3.63) is 29.8 Å². The zero-order chi connectivity index (χ0) is 15.0. The van der Waals surface area contributed by atoms with Gasteiger partial charge in [-0.3, -0.25) is 4.79 Å². The van der Waals surface area contributed by atoms with E-state index in [0.717, 1.165) is 24.9 Å². The van der Waals surface area contributed by atoms with E-state index in [-0.39, 0.29) is 17.9 Å². The van der Waals surface area contributed by atoms with Gasteiger partial charge in [0.25, 0.3) is 0 Å². The molecule has 5 heteroatoms. The first-order valence-electron chi connectivity index (χ1n) is 7.53. The van der Waals surface area contributed by atoms with Crippen LogP contribution in [0.1, 0.15) is 25.3 Å². The highest BCUT2D eigenvalue weighted by atomic mass is 16.2. The van der Waals surface area contributed by atoms with E-state index in [4.69, 9.17) is 5.73 Å². The number of hydrogen-bond donors (Lipinski definition) is 1. The lowest BCUT2D eigenvalue weighted by atomic mass is 9.96. The van der Waals surface area contributed by atoms with Gasteiger partial charge in [0.1, 0.15) is 0 Å². The summed E-state index contributed by atoms with van der Waals surface area (Å²) in [5.74, 6) is -0.0155. The fourth-order valence-electron chi connectivity index (χ4n) is 3.48. The van der Waals surface area contributed by atoms with Gasteiger partial charge in [0.15, 0.2) is 0 Å². The monoisotopic (exact) mass is 287 g/mol. The number of likely N-dealkylation sites (tertiary alicyclic amines) is 1. The number of fused-ring (bicyclic) bond motifs is 1. The van der Waals surface area contributed by atoms with Crippen LogP contribution < -0.4 is 10.6 Å². The number of hydrogen-bond acceptors (Lipinski definition) is 2. The van der Waals surface area contributed by atoms with Gasteiger partial charge < -0.3 is 15.5 Å². The second-order valence-corrected chi connectivity index (χ2v) is 6.01. The van der Waals surface area contributed by atoms with Gasteiger partial charge in [0, 0.05) is 24.8 Å². The van der Waals surface area contributed by atoms with Crippen molar-refractivity contribution in [3.63, 3.8) is 0 Å². The number of carbonyl (C=O) groups is 2. The SMILES string of the molecule is CC1Cc2ccccc2N1C(=O)C1CCCN(C(N)=O)C1. The summed E-state index contributed by atoms with van der Waals surface area (Å²) in [5.41, 5.74) is 7.59. The minimum absolute atomic E-state index is 0.124. The van der Waals surface area contributed by atoms with E-state index in [9.17, 15) is 9.59 Å². The first-order chi connectivity index (χ1) is 10.1. The molecule has 2 aliphatic heterocycles. The molecule has 0 spiro atoms. The first kappa shape index (κ1) is 13.9. The molecule has 3 rings (SSSR count). The number of nitrogens with zero attached hydrogens (tertiary/aromatic N) is 2. The van der Waals surface area contributed by atoms with Crippen LogP contribution in [0.2, 0.25) is 0 Å². The van der Waals surface area contributed by atoms with E-state index in [2.05, 4.69) is 13.0 Å². The van der Waals surface area contributed by atoms with Gasteiger partial charge >= 0.3 is 6.03 Å². The van der Waals surface area contributed by atoms with E-state index < -0.39 is 6.03 Å². The van der Waals surface area contributed by atoms with Crippen LogP contribution >= 0.6 is 0 Å². The molecule has 2 unspecified atom stereocenters. The summed E-state index contributed by atoms with van der Waals surface area (Å²) >= 11 is 0. The van der Waals surface area contributed by atoms with Gasteiger partial charge in [-0.15, -0.1) is 0 Å². The molecule has 21 heavy (non-hydrogen) atoms. The Bertz CT molecular complexity index is 572. The third kappa shape index (κ3) is 2.48. The van der Waals surface area contributed by atoms with Gasteiger partial charge in [0.2, 0.25) is 5.91 Å². The smallest absolute Gasteiger partial charge is 0.314 e. The quantitative estimate of drug-likeness (QED) is 0.855. The molecule has 3 amide bonds. The van der Waals surface area contributed by atoms with Gasteiger partial charge in [0.05, 0.1) is 5.92 Å². The van der Waals surface area contributed by atoms with E-state index in [1.165, 1.54) is 5.56 Å². The van der Waals surface area contributed by atoms with Crippen LogP contribution in [0.5, 0.6) is 0 Å². The van der Waals surface area contributed by atoms with Crippen LogP contribution in [-0.4, -0.2) is 36.0 Å². The highest BCUT2D eigenvalue weighted by Gasteiger charge is 2.36. The second kappa shape index (κ2) is 5.39. The number of benzene rings is 1. The van der Waals surface area contributed by atoms with Crippen LogP contribution in [0, 0.1) is 5.92 Å². The van der Waals surface area contributed by atoms with Gasteiger partial charge in [-0.2, -0.15) is 0 Å². The number of rotatable bonds is 1. The number of primary amides is 1. The Balaban J connectivity index is 1.80. The number of para-hydroxylation sites is 1. The average molecular weight is 287 g/mol. The number of anilines is 1. The topological polar surface area (TPSA) is 66.6 Å². The Labute approximate surface area is 124 Å². The standard InChI is InChI=1S/C16H21N3O2/c1-11-9-12-5-2-3-7-14(12)19(11)15(20)13-6-4-8-18(10-13)16(17)21/h2-3,5,7,11,13H,4,6,8-10H2,1H3,(H2,17,21). The van der Waals surface area contributed by atoms with Gasteiger partial charge in [-0.25, -0.2) is 4.79 Å². The normalized spacial score (nSPS) is 24.8. The Morgan fingerprint density at radius 2 is 2.05 bits per heavy atom. The summed E-state index contributed by atoms with van der Waals surface area (Å²) in [4.78, 5) is 27.7. The van der Waals surface area contributed by atoms with E-state index in [0.29, 0.717) is 13.1 Å². The maximum atomic E-state index is 12.9. The third-order valence-electron chi connectivity index (χ3n) is 4.53. The highest BCUT2D eigenvalue weighted by molar-refractivity contribution is 5.98. The Morgan fingerprint density at radius 1 is 1.29 bits per heavy atom. The summed E-state index contributed by atoms with van der Waals surface area (Å²) < 4.78 is 0. The van der Waals surface area contributed by atoms with Crippen molar-refractivity contribution >= 4 is 17.6 Å². The highest BCUT2D eigenvalue weighted by Crippen LogP contribution is 2.34. The predicted molar refractivity (Wildman–Crippen MR) is 81.0 cm³/mol. The summed E-state index contributed by atoms with van der Waals surface area (Å²) in [6.45, 7) is 3.18.